The molecule has 51 heavy (non-hydrogen) atoms. The summed E-state index contributed by atoms with van der Waals surface area (Å²) in [5, 5.41) is 19.1. The van der Waals surface area contributed by atoms with Gasteiger partial charge in [-0.25, -0.2) is 0 Å². The molecule has 6 atom stereocenters. The molecule has 0 aromatic heterocycles. The number of carbonyl (C=O) groups is 3. The van der Waals surface area contributed by atoms with Gasteiger partial charge in [-0.1, -0.05) is 71.0 Å². The van der Waals surface area contributed by atoms with Crippen molar-refractivity contribution in [2.45, 2.75) is 109 Å². The smallest absolute Gasteiger partial charge is 0.242 e. The molecule has 0 spiro atoms. The number of hydrogen-bond acceptors (Lipinski definition) is 6. The van der Waals surface area contributed by atoms with Gasteiger partial charge in [0.2, 0.25) is 17.7 Å². The number of phenols is 1. The number of rotatable bonds is 17. The molecule has 1 aliphatic heterocycles. The lowest BCUT2D eigenvalue weighted by Crippen LogP contribution is -2.58. The minimum atomic E-state index is -0.705. The molecular weight excluding hydrogens is 640 g/mol. The minimum absolute atomic E-state index is 0.000620. The first-order chi connectivity index (χ1) is 24.4. The molecule has 3 amide bonds. The third-order valence-electron chi connectivity index (χ3n) is 11.8. The lowest BCUT2D eigenvalue weighted by atomic mass is 9.59. The largest absolute Gasteiger partial charge is 0.508 e. The summed E-state index contributed by atoms with van der Waals surface area (Å²) in [6.45, 7) is 13.5. The number of aromatic hydroxyl groups is 1. The molecular formula is C41H60N6O4. The maximum absolute atomic E-state index is 14.1. The minimum Gasteiger partial charge on any atom is -0.508 e. The Morgan fingerprint density at radius 2 is 1.86 bits per heavy atom. The number of carbonyl (C=O) groups excluding carboxylic acids is 3. The lowest BCUT2D eigenvalue weighted by Gasteiger charge is -2.55. The summed E-state index contributed by atoms with van der Waals surface area (Å²) >= 11 is 0. The van der Waals surface area contributed by atoms with Gasteiger partial charge in [0.05, 0.1) is 17.8 Å². The van der Waals surface area contributed by atoms with E-state index in [0.717, 1.165) is 63.6 Å². The number of nitrogens with one attached hydrogen (secondary N) is 3. The average Bonchev–Trinajstić information content (AvgIpc) is 3.83. The zero-order chi connectivity index (χ0) is 36.8. The Labute approximate surface area is 304 Å². The van der Waals surface area contributed by atoms with E-state index in [9.17, 15) is 19.5 Å². The molecule has 1 saturated carbocycles. The molecule has 5 rings (SSSR count). The van der Waals surface area contributed by atoms with Gasteiger partial charge in [0.25, 0.3) is 0 Å². The fourth-order valence-corrected chi connectivity index (χ4v) is 8.65. The molecule has 0 radical (unpaired) electrons. The first-order valence-electron chi connectivity index (χ1n) is 19.1. The maximum atomic E-state index is 14.1. The second-order valence-corrected chi connectivity index (χ2v) is 15.9. The number of fused-ring (bicyclic) bond motifs is 4. The Balaban J connectivity index is 1.18. The molecule has 4 unspecified atom stereocenters. The molecule has 2 aliphatic carbocycles. The van der Waals surface area contributed by atoms with Crippen molar-refractivity contribution >= 4 is 23.6 Å². The Bertz CT molecular complexity index is 1560. The zero-order valence-corrected chi connectivity index (χ0v) is 31.3. The standard InChI is InChI=1S/C41H60N6O4/c1-6-12-36(42)43-18-10-11-19-44-38(50)34(21-27(2)3)46-37(49)25-45-39(51)41(30-13-8-7-9-14-30)24-31(41)26-47-20-17-40(5)28(4)35(47)22-29-15-16-32(48)23-33(29)40/h7-9,13-16,23,27-28,31,34-35,48H,6,10-12,17-22,24-26H2,1-5H3,(H2,42,43)(H,44,50)(H,45,51)(H,46,49)/t28?,31?,34?,35?,40-,41+/m1/s1. The van der Waals surface area contributed by atoms with Crippen molar-refractivity contribution in [3.63, 3.8) is 0 Å². The molecule has 3 aliphatic rings. The Kier molecular flexibility index (Phi) is 12.5. The summed E-state index contributed by atoms with van der Waals surface area (Å²) in [6, 6.07) is 15.4. The van der Waals surface area contributed by atoms with Crippen LogP contribution < -0.4 is 21.7 Å². The van der Waals surface area contributed by atoms with E-state index in [2.05, 4.69) is 52.7 Å². The molecule has 278 valence electrons. The van der Waals surface area contributed by atoms with Crippen LogP contribution in [0.1, 0.15) is 96.3 Å². The van der Waals surface area contributed by atoms with E-state index in [1.165, 1.54) is 11.1 Å². The number of aliphatic imine (C=N–C) groups is 1. The van der Waals surface area contributed by atoms with Gasteiger partial charge in [-0.15, -0.1) is 0 Å². The van der Waals surface area contributed by atoms with Crippen molar-refractivity contribution in [1.29, 1.82) is 0 Å². The Morgan fingerprint density at radius 3 is 2.59 bits per heavy atom. The fourth-order valence-electron chi connectivity index (χ4n) is 8.65. The molecule has 1 saturated heterocycles. The van der Waals surface area contributed by atoms with E-state index in [4.69, 9.17) is 5.73 Å². The number of hydrogen-bond donors (Lipinski definition) is 5. The first-order valence-corrected chi connectivity index (χ1v) is 19.1. The predicted molar refractivity (Wildman–Crippen MR) is 203 cm³/mol. The van der Waals surface area contributed by atoms with Crippen molar-refractivity contribution in [3.05, 3.63) is 65.2 Å². The van der Waals surface area contributed by atoms with E-state index >= 15 is 0 Å². The van der Waals surface area contributed by atoms with Gasteiger partial charge < -0.3 is 26.8 Å². The molecule has 2 bridgehead atoms. The van der Waals surface area contributed by atoms with Crippen molar-refractivity contribution < 1.29 is 19.5 Å². The van der Waals surface area contributed by atoms with Gasteiger partial charge in [0.1, 0.15) is 11.8 Å². The van der Waals surface area contributed by atoms with Crippen LogP contribution in [0.15, 0.2) is 53.5 Å². The summed E-state index contributed by atoms with van der Waals surface area (Å²) in [5.41, 5.74) is 8.72. The number of nitrogens with two attached hydrogens (primary N) is 1. The number of nitrogens with zero attached hydrogens (tertiary/aromatic N) is 2. The third kappa shape index (κ3) is 8.76. The van der Waals surface area contributed by atoms with Gasteiger partial charge in [-0.2, -0.15) is 0 Å². The summed E-state index contributed by atoms with van der Waals surface area (Å²) < 4.78 is 0. The first kappa shape index (κ1) is 38.3. The summed E-state index contributed by atoms with van der Waals surface area (Å²) in [7, 11) is 0. The number of likely N-dealkylation sites (tertiary alicyclic amines) is 1. The van der Waals surface area contributed by atoms with Crippen LogP contribution in [0.25, 0.3) is 0 Å². The second-order valence-electron chi connectivity index (χ2n) is 15.9. The number of amidine groups is 1. The van der Waals surface area contributed by atoms with E-state index in [-0.39, 0.29) is 41.5 Å². The van der Waals surface area contributed by atoms with Crippen LogP contribution in [0.3, 0.4) is 0 Å². The highest BCUT2D eigenvalue weighted by Crippen LogP contribution is 2.56. The summed E-state index contributed by atoms with van der Waals surface area (Å²) in [4.78, 5) is 47.3. The lowest BCUT2D eigenvalue weighted by molar-refractivity contribution is -0.130. The van der Waals surface area contributed by atoms with Crippen molar-refractivity contribution in [3.8, 4) is 5.75 Å². The summed E-state index contributed by atoms with van der Waals surface area (Å²) in [6.07, 6.45) is 6.49. The molecule has 2 aromatic rings. The van der Waals surface area contributed by atoms with Crippen molar-refractivity contribution in [2.75, 3.05) is 32.7 Å². The monoisotopic (exact) mass is 700 g/mol. The van der Waals surface area contributed by atoms with Crippen molar-refractivity contribution in [2.24, 2.45) is 28.5 Å². The predicted octanol–water partition coefficient (Wildman–Crippen LogP) is 4.58. The van der Waals surface area contributed by atoms with E-state index in [1.807, 2.05) is 50.2 Å². The van der Waals surface area contributed by atoms with Crippen molar-refractivity contribution in [1.82, 2.24) is 20.9 Å². The molecule has 6 N–H and O–H groups in total. The van der Waals surface area contributed by atoms with Gasteiger partial charge in [0.15, 0.2) is 0 Å². The van der Waals surface area contributed by atoms with Gasteiger partial charge in [-0.05, 0) is 103 Å². The number of unbranched alkanes of at least 4 members (excludes halogenated alkanes) is 1. The van der Waals surface area contributed by atoms with E-state index in [1.54, 1.807) is 6.07 Å². The maximum Gasteiger partial charge on any atom is 0.242 e. The third-order valence-corrected chi connectivity index (χ3v) is 11.8. The van der Waals surface area contributed by atoms with Crippen LogP contribution in [-0.2, 0) is 31.6 Å². The van der Waals surface area contributed by atoms with Crippen LogP contribution in [0.5, 0.6) is 5.75 Å². The van der Waals surface area contributed by atoms with Gasteiger partial charge >= 0.3 is 0 Å². The van der Waals surface area contributed by atoms with E-state index < -0.39 is 11.5 Å². The Hall–Kier alpha value is -3.92. The highest BCUT2D eigenvalue weighted by molar-refractivity contribution is 5.95. The topological polar surface area (TPSA) is 149 Å². The van der Waals surface area contributed by atoms with Crippen LogP contribution in [0.4, 0.5) is 0 Å². The normalized spacial score (nSPS) is 26.2. The summed E-state index contributed by atoms with van der Waals surface area (Å²) in [5.74, 6) is 0.991. The molecule has 10 nitrogen and oxygen atoms in total. The Morgan fingerprint density at radius 1 is 1.10 bits per heavy atom. The van der Waals surface area contributed by atoms with Gasteiger partial charge in [0, 0.05) is 32.1 Å². The molecule has 2 aromatic carbocycles. The number of benzene rings is 2. The SMILES string of the molecule is CCCC(N)=NCCCCNC(=O)C(CC(C)C)NC(=O)CNC(=O)[C@]1(c2ccccc2)CC1CN1CC[C@@]2(C)c3cc(O)ccc3CC1C2C. The van der Waals surface area contributed by atoms with Crippen LogP contribution in [0, 0.1) is 17.8 Å². The number of piperidine rings is 1. The quantitative estimate of drug-likeness (QED) is 0.0928. The zero-order valence-electron chi connectivity index (χ0n) is 31.3. The molecule has 10 heteroatoms. The van der Waals surface area contributed by atoms with Gasteiger partial charge in [-0.3, -0.25) is 24.3 Å². The average molecular weight is 701 g/mol. The number of amides is 3. The van der Waals surface area contributed by atoms with E-state index in [0.29, 0.717) is 43.1 Å². The highest BCUT2D eigenvalue weighted by atomic mass is 16.3. The second kappa shape index (κ2) is 16.6. The van der Waals surface area contributed by atoms with Crippen LogP contribution in [-0.4, -0.2) is 78.4 Å². The fraction of sp³-hybridized carbons (Fsp3) is 0.610. The highest BCUT2D eigenvalue weighted by Gasteiger charge is 2.62. The molecule has 2 fully saturated rings. The number of phenolic OH excluding ortho intramolecular Hbond substituents is 1. The molecule has 1 heterocycles. The van der Waals surface area contributed by atoms with Crippen LogP contribution >= 0.6 is 0 Å². The van der Waals surface area contributed by atoms with Crippen LogP contribution in [0.2, 0.25) is 0 Å².